The zero-order valence-corrected chi connectivity index (χ0v) is 13.0. The maximum Gasteiger partial charge on any atom is 0.226 e. The summed E-state index contributed by atoms with van der Waals surface area (Å²) in [6, 6.07) is 0. The van der Waals surface area contributed by atoms with E-state index >= 15 is 0 Å². The molecule has 2 saturated carbocycles. The molecule has 0 saturated heterocycles. The highest BCUT2D eigenvalue weighted by Gasteiger charge is 2.40. The molecule has 1 N–H and O–H groups in total. The number of hydrogen-bond donors (Lipinski definition) is 1. The van der Waals surface area contributed by atoms with Gasteiger partial charge in [0, 0.05) is 12.2 Å². The van der Waals surface area contributed by atoms with Crippen LogP contribution in [0.5, 0.6) is 0 Å². The van der Waals surface area contributed by atoms with Gasteiger partial charge in [0.05, 0.1) is 0 Å². The summed E-state index contributed by atoms with van der Waals surface area (Å²) in [6.45, 7) is 3.67. The number of amides is 1. The van der Waals surface area contributed by atoms with E-state index in [1.165, 1.54) is 37.0 Å². The van der Waals surface area contributed by atoms with Gasteiger partial charge >= 0.3 is 0 Å². The van der Waals surface area contributed by atoms with Crippen molar-refractivity contribution in [1.82, 2.24) is 10.2 Å². The molecule has 3 rings (SSSR count). The van der Waals surface area contributed by atoms with E-state index in [2.05, 4.69) is 22.1 Å². The molecule has 2 aliphatic rings. The van der Waals surface area contributed by atoms with Gasteiger partial charge in [0.1, 0.15) is 0 Å². The number of carbonyl (C=O) groups excluding carboxylic acids is 1. The molecule has 0 aromatic carbocycles. The predicted octanol–water partition coefficient (Wildman–Crippen LogP) is 3.58. The molecule has 108 valence electrons. The van der Waals surface area contributed by atoms with E-state index in [-0.39, 0.29) is 5.91 Å². The largest absolute Gasteiger partial charge is 0.300 e. The molecular formula is C14H19N3OS2. The van der Waals surface area contributed by atoms with Gasteiger partial charge in [0.2, 0.25) is 11.0 Å². The van der Waals surface area contributed by atoms with E-state index in [4.69, 9.17) is 0 Å². The van der Waals surface area contributed by atoms with Gasteiger partial charge in [-0.2, -0.15) is 0 Å². The van der Waals surface area contributed by atoms with Crippen molar-refractivity contribution < 1.29 is 4.79 Å². The first-order chi connectivity index (χ1) is 9.74. The molecule has 3 atom stereocenters. The average Bonchev–Trinajstić information content (AvgIpc) is 3.12. The minimum absolute atomic E-state index is 0.0963. The Morgan fingerprint density at radius 3 is 3.05 bits per heavy atom. The van der Waals surface area contributed by atoms with Gasteiger partial charge in [-0.3, -0.25) is 4.79 Å². The highest BCUT2D eigenvalue weighted by Crippen LogP contribution is 2.49. The topological polar surface area (TPSA) is 54.9 Å². The normalized spacial score (nSPS) is 27.7. The molecule has 6 heteroatoms. The smallest absolute Gasteiger partial charge is 0.226 e. The van der Waals surface area contributed by atoms with Gasteiger partial charge < -0.3 is 5.32 Å². The van der Waals surface area contributed by atoms with E-state index in [1.807, 2.05) is 6.08 Å². The second kappa shape index (κ2) is 6.26. The molecule has 0 spiro atoms. The number of rotatable bonds is 6. The van der Waals surface area contributed by atoms with Crippen molar-refractivity contribution in [1.29, 1.82) is 0 Å². The number of anilines is 1. The first-order valence-electron chi connectivity index (χ1n) is 7.11. The second-order valence-electron chi connectivity index (χ2n) is 5.66. The monoisotopic (exact) mass is 309 g/mol. The molecule has 0 radical (unpaired) electrons. The van der Waals surface area contributed by atoms with E-state index in [0.717, 1.165) is 21.9 Å². The van der Waals surface area contributed by atoms with Gasteiger partial charge in [-0.05, 0) is 37.0 Å². The lowest BCUT2D eigenvalue weighted by atomic mass is 9.86. The maximum atomic E-state index is 12.1. The van der Waals surface area contributed by atoms with Gasteiger partial charge in [0.15, 0.2) is 4.34 Å². The van der Waals surface area contributed by atoms with Crippen LogP contribution in [0.3, 0.4) is 0 Å². The van der Waals surface area contributed by atoms with Crippen LogP contribution in [0.2, 0.25) is 0 Å². The van der Waals surface area contributed by atoms with Crippen LogP contribution >= 0.6 is 23.1 Å². The summed E-state index contributed by atoms with van der Waals surface area (Å²) in [4.78, 5) is 12.1. The van der Waals surface area contributed by atoms with E-state index in [1.54, 1.807) is 11.8 Å². The van der Waals surface area contributed by atoms with E-state index in [0.29, 0.717) is 17.5 Å². The summed E-state index contributed by atoms with van der Waals surface area (Å²) in [7, 11) is 0. The molecule has 2 fully saturated rings. The Morgan fingerprint density at radius 1 is 1.45 bits per heavy atom. The number of fused-ring (bicyclic) bond motifs is 2. The molecule has 1 aromatic heterocycles. The van der Waals surface area contributed by atoms with Crippen molar-refractivity contribution in [3.05, 3.63) is 12.7 Å². The standard InChI is InChI=1S/C14H19N3OS2/c1-2-5-19-14-17-16-13(20-14)15-12(18)8-11-7-9-3-4-10(11)6-9/h2,9-11H,1,3-8H2,(H,15,16,18)/t9-,10+,11-/m0/s1. The van der Waals surface area contributed by atoms with Crippen LogP contribution in [0.1, 0.15) is 32.1 Å². The quantitative estimate of drug-likeness (QED) is 0.496. The molecule has 2 bridgehead atoms. The third-order valence-electron chi connectivity index (χ3n) is 4.31. The predicted molar refractivity (Wildman–Crippen MR) is 83.0 cm³/mol. The minimum atomic E-state index is 0.0963. The Hall–Kier alpha value is -0.880. The molecular weight excluding hydrogens is 290 g/mol. The molecule has 1 amide bonds. The van der Waals surface area contributed by atoms with Crippen LogP contribution in [-0.2, 0) is 4.79 Å². The number of aromatic nitrogens is 2. The third kappa shape index (κ3) is 3.23. The van der Waals surface area contributed by atoms with Crippen LogP contribution in [-0.4, -0.2) is 21.9 Å². The number of thioether (sulfide) groups is 1. The minimum Gasteiger partial charge on any atom is -0.300 e. The van der Waals surface area contributed by atoms with Crippen molar-refractivity contribution in [2.45, 2.75) is 36.4 Å². The van der Waals surface area contributed by atoms with Gasteiger partial charge in [-0.25, -0.2) is 0 Å². The van der Waals surface area contributed by atoms with Crippen LogP contribution in [0.25, 0.3) is 0 Å². The third-order valence-corrected chi connectivity index (χ3v) is 6.28. The number of nitrogens with one attached hydrogen (secondary N) is 1. The van der Waals surface area contributed by atoms with Gasteiger partial charge in [-0.15, -0.1) is 16.8 Å². The van der Waals surface area contributed by atoms with E-state index in [9.17, 15) is 4.79 Å². The van der Waals surface area contributed by atoms with Crippen molar-refractivity contribution in [3.8, 4) is 0 Å². The molecule has 20 heavy (non-hydrogen) atoms. The lowest BCUT2D eigenvalue weighted by molar-refractivity contribution is -0.117. The van der Waals surface area contributed by atoms with Crippen molar-refractivity contribution in [2.75, 3.05) is 11.1 Å². The zero-order chi connectivity index (χ0) is 13.9. The summed E-state index contributed by atoms with van der Waals surface area (Å²) in [5.74, 6) is 3.18. The highest BCUT2D eigenvalue weighted by molar-refractivity contribution is 8.01. The van der Waals surface area contributed by atoms with Gasteiger partial charge in [-0.1, -0.05) is 35.6 Å². The lowest BCUT2D eigenvalue weighted by Crippen LogP contribution is -2.20. The molecule has 2 aliphatic carbocycles. The van der Waals surface area contributed by atoms with E-state index < -0.39 is 0 Å². The number of carbonyl (C=O) groups is 1. The van der Waals surface area contributed by atoms with Crippen LogP contribution in [0, 0.1) is 17.8 Å². The summed E-state index contributed by atoms with van der Waals surface area (Å²) < 4.78 is 0.875. The van der Waals surface area contributed by atoms with Crippen molar-refractivity contribution >= 4 is 34.1 Å². The molecule has 1 heterocycles. The van der Waals surface area contributed by atoms with Crippen LogP contribution in [0.4, 0.5) is 5.13 Å². The molecule has 4 nitrogen and oxygen atoms in total. The lowest BCUT2D eigenvalue weighted by Gasteiger charge is -2.20. The van der Waals surface area contributed by atoms with Crippen LogP contribution in [0.15, 0.2) is 17.0 Å². The Morgan fingerprint density at radius 2 is 2.35 bits per heavy atom. The van der Waals surface area contributed by atoms with Crippen LogP contribution < -0.4 is 5.32 Å². The molecule has 1 aromatic rings. The zero-order valence-electron chi connectivity index (χ0n) is 11.4. The Kier molecular flexibility index (Phi) is 4.41. The SMILES string of the molecule is C=CCSc1nnc(NC(=O)C[C@@H]2C[C@H]3CC[C@@H]2C3)s1. The highest BCUT2D eigenvalue weighted by atomic mass is 32.2. The first-order valence-corrected chi connectivity index (χ1v) is 8.92. The summed E-state index contributed by atoms with van der Waals surface area (Å²) in [6.07, 6.45) is 7.77. The number of nitrogens with zero attached hydrogens (tertiary/aromatic N) is 2. The second-order valence-corrected chi connectivity index (χ2v) is 7.90. The number of hydrogen-bond acceptors (Lipinski definition) is 5. The van der Waals surface area contributed by atoms with Gasteiger partial charge in [0.25, 0.3) is 0 Å². The summed E-state index contributed by atoms with van der Waals surface area (Å²) in [5.41, 5.74) is 0. The molecule has 0 aliphatic heterocycles. The average molecular weight is 309 g/mol. The fourth-order valence-electron chi connectivity index (χ4n) is 3.48. The summed E-state index contributed by atoms with van der Waals surface area (Å²) >= 11 is 3.02. The fourth-order valence-corrected chi connectivity index (χ4v) is 5.01. The Balaban J connectivity index is 1.48. The Bertz CT molecular complexity index is 502. The fraction of sp³-hybridized carbons (Fsp3) is 0.643. The maximum absolute atomic E-state index is 12.1. The first kappa shape index (κ1) is 14.1. The van der Waals surface area contributed by atoms with Crippen molar-refractivity contribution in [3.63, 3.8) is 0 Å². The van der Waals surface area contributed by atoms with Crippen molar-refractivity contribution in [2.24, 2.45) is 17.8 Å². The Labute approximate surface area is 127 Å². The molecule has 0 unspecified atom stereocenters. The summed E-state index contributed by atoms with van der Waals surface area (Å²) in [5, 5.41) is 11.6.